The van der Waals surface area contributed by atoms with Crippen molar-refractivity contribution in [2.75, 3.05) is 26.8 Å². The summed E-state index contributed by atoms with van der Waals surface area (Å²) in [5.41, 5.74) is 0.369. The standard InChI is InChI=1S/C18H25NO5/c1-18(2,11-13-6-4-5-7-15(13)23-3)17(22)19-8-9-24-14(12-19)10-16(20)21/h4-7,14H,8-12H2,1-3H3,(H,20,21). The van der Waals surface area contributed by atoms with Crippen LogP contribution in [0, 0.1) is 5.41 Å². The number of hydrogen-bond donors (Lipinski definition) is 1. The van der Waals surface area contributed by atoms with Crippen molar-refractivity contribution in [1.82, 2.24) is 4.90 Å². The molecule has 6 nitrogen and oxygen atoms in total. The van der Waals surface area contributed by atoms with Crippen LogP contribution in [0.5, 0.6) is 5.75 Å². The van der Waals surface area contributed by atoms with Crippen LogP contribution in [0.1, 0.15) is 25.8 Å². The first kappa shape index (κ1) is 18.3. The minimum absolute atomic E-state index is 0.00657. The number of carboxylic acids is 1. The Bertz CT molecular complexity index is 599. The molecule has 1 aromatic rings. The van der Waals surface area contributed by atoms with Gasteiger partial charge in [0.1, 0.15) is 5.75 Å². The van der Waals surface area contributed by atoms with Crippen molar-refractivity contribution >= 4 is 11.9 Å². The zero-order valence-corrected chi connectivity index (χ0v) is 14.4. The topological polar surface area (TPSA) is 76.1 Å². The van der Waals surface area contributed by atoms with Crippen molar-refractivity contribution in [1.29, 1.82) is 0 Å². The number of aliphatic carboxylic acids is 1. The molecule has 1 aliphatic rings. The zero-order chi connectivity index (χ0) is 17.7. The number of rotatable bonds is 6. The predicted molar refractivity (Wildman–Crippen MR) is 89.1 cm³/mol. The van der Waals surface area contributed by atoms with Crippen LogP contribution in [-0.4, -0.2) is 54.8 Å². The third-order valence-electron chi connectivity index (χ3n) is 4.23. The van der Waals surface area contributed by atoms with E-state index in [-0.39, 0.29) is 12.3 Å². The molecule has 2 rings (SSSR count). The van der Waals surface area contributed by atoms with Gasteiger partial charge in [0.05, 0.1) is 26.2 Å². The normalized spacial score (nSPS) is 18.3. The second-order valence-corrected chi connectivity index (χ2v) is 6.71. The molecule has 1 aliphatic heterocycles. The molecule has 1 fully saturated rings. The Labute approximate surface area is 142 Å². The van der Waals surface area contributed by atoms with Crippen molar-refractivity contribution in [3.8, 4) is 5.75 Å². The van der Waals surface area contributed by atoms with Gasteiger partial charge in [0.25, 0.3) is 0 Å². The first-order valence-corrected chi connectivity index (χ1v) is 8.08. The van der Waals surface area contributed by atoms with Crippen LogP contribution in [-0.2, 0) is 20.7 Å². The average Bonchev–Trinajstić information content (AvgIpc) is 2.54. The van der Waals surface area contributed by atoms with Crippen LogP contribution < -0.4 is 4.74 Å². The number of ether oxygens (including phenoxy) is 2. The van der Waals surface area contributed by atoms with Gasteiger partial charge in [0.2, 0.25) is 5.91 Å². The lowest BCUT2D eigenvalue weighted by atomic mass is 9.83. The number of carboxylic acid groups (broad SMARTS) is 1. The summed E-state index contributed by atoms with van der Waals surface area (Å²) in [4.78, 5) is 25.5. The maximum absolute atomic E-state index is 12.9. The summed E-state index contributed by atoms with van der Waals surface area (Å²) in [5.74, 6) is -0.140. The lowest BCUT2D eigenvalue weighted by molar-refractivity contribution is -0.152. The number of amides is 1. The van der Waals surface area contributed by atoms with E-state index in [1.165, 1.54) is 0 Å². The number of nitrogens with zero attached hydrogens (tertiary/aromatic N) is 1. The van der Waals surface area contributed by atoms with Crippen LogP contribution in [0.2, 0.25) is 0 Å². The minimum Gasteiger partial charge on any atom is -0.496 e. The van der Waals surface area contributed by atoms with Gasteiger partial charge in [-0.25, -0.2) is 0 Å². The van der Waals surface area contributed by atoms with Gasteiger partial charge in [0, 0.05) is 18.5 Å². The Morgan fingerprint density at radius 1 is 1.38 bits per heavy atom. The molecule has 24 heavy (non-hydrogen) atoms. The van der Waals surface area contributed by atoms with Gasteiger partial charge in [-0.15, -0.1) is 0 Å². The summed E-state index contributed by atoms with van der Waals surface area (Å²) in [7, 11) is 1.62. The second kappa shape index (κ2) is 7.66. The van der Waals surface area contributed by atoms with Gasteiger partial charge >= 0.3 is 5.97 Å². The molecule has 6 heteroatoms. The van der Waals surface area contributed by atoms with Crippen LogP contribution in [0.3, 0.4) is 0 Å². The first-order chi connectivity index (χ1) is 11.3. The van der Waals surface area contributed by atoms with E-state index in [0.29, 0.717) is 26.1 Å². The summed E-state index contributed by atoms with van der Waals surface area (Å²) >= 11 is 0. The van der Waals surface area contributed by atoms with E-state index in [1.807, 2.05) is 38.1 Å². The summed E-state index contributed by atoms with van der Waals surface area (Å²) < 4.78 is 10.8. The molecule has 1 amide bonds. The zero-order valence-electron chi connectivity index (χ0n) is 14.4. The summed E-state index contributed by atoms with van der Waals surface area (Å²) in [6.07, 6.45) is 0.0234. The highest BCUT2D eigenvalue weighted by Crippen LogP contribution is 2.30. The molecule has 1 saturated heterocycles. The van der Waals surface area contributed by atoms with Gasteiger partial charge in [-0.1, -0.05) is 32.0 Å². The van der Waals surface area contributed by atoms with Crippen LogP contribution in [0.15, 0.2) is 24.3 Å². The van der Waals surface area contributed by atoms with Crippen molar-refractivity contribution in [2.24, 2.45) is 5.41 Å². The van der Waals surface area contributed by atoms with Gasteiger partial charge in [-0.3, -0.25) is 9.59 Å². The number of morpholine rings is 1. The molecule has 1 aromatic carbocycles. The molecule has 1 N–H and O–H groups in total. The number of para-hydroxylation sites is 1. The lowest BCUT2D eigenvalue weighted by Crippen LogP contribution is -2.51. The molecule has 0 radical (unpaired) electrons. The Morgan fingerprint density at radius 3 is 2.75 bits per heavy atom. The number of carbonyl (C=O) groups is 2. The van der Waals surface area contributed by atoms with E-state index in [2.05, 4.69) is 0 Å². The van der Waals surface area contributed by atoms with Crippen molar-refractivity contribution in [3.63, 3.8) is 0 Å². The Hall–Kier alpha value is -2.08. The second-order valence-electron chi connectivity index (χ2n) is 6.71. The van der Waals surface area contributed by atoms with E-state index >= 15 is 0 Å². The number of benzene rings is 1. The third-order valence-corrected chi connectivity index (χ3v) is 4.23. The molecule has 1 heterocycles. The number of hydrogen-bond acceptors (Lipinski definition) is 4. The Morgan fingerprint density at radius 2 is 2.08 bits per heavy atom. The van der Waals surface area contributed by atoms with E-state index < -0.39 is 17.5 Å². The summed E-state index contributed by atoms with van der Waals surface area (Å²) in [5, 5.41) is 8.91. The summed E-state index contributed by atoms with van der Waals surface area (Å²) in [6, 6.07) is 7.67. The van der Waals surface area contributed by atoms with Crippen LogP contribution in [0.4, 0.5) is 0 Å². The molecular weight excluding hydrogens is 310 g/mol. The molecular formula is C18H25NO5. The van der Waals surface area contributed by atoms with E-state index in [4.69, 9.17) is 14.6 Å². The van der Waals surface area contributed by atoms with Gasteiger partial charge in [-0.2, -0.15) is 0 Å². The van der Waals surface area contributed by atoms with E-state index in [0.717, 1.165) is 11.3 Å². The van der Waals surface area contributed by atoms with Gasteiger partial charge in [0.15, 0.2) is 0 Å². The fraction of sp³-hybridized carbons (Fsp3) is 0.556. The molecule has 1 unspecified atom stereocenters. The Balaban J connectivity index is 2.07. The SMILES string of the molecule is COc1ccccc1CC(C)(C)C(=O)N1CCOC(CC(=O)O)C1. The number of carbonyl (C=O) groups excluding carboxylic acids is 1. The van der Waals surface area contributed by atoms with Crippen LogP contribution in [0.25, 0.3) is 0 Å². The van der Waals surface area contributed by atoms with Crippen molar-refractivity contribution < 1.29 is 24.2 Å². The van der Waals surface area contributed by atoms with Gasteiger partial charge < -0.3 is 19.5 Å². The predicted octanol–water partition coefficient (Wildman–Crippen LogP) is 1.97. The maximum atomic E-state index is 12.9. The average molecular weight is 335 g/mol. The Kier molecular flexibility index (Phi) is 5.83. The smallest absolute Gasteiger partial charge is 0.306 e. The van der Waals surface area contributed by atoms with Crippen LogP contribution >= 0.6 is 0 Å². The molecule has 0 saturated carbocycles. The van der Waals surface area contributed by atoms with Crippen molar-refractivity contribution in [3.05, 3.63) is 29.8 Å². The highest BCUT2D eigenvalue weighted by molar-refractivity contribution is 5.82. The highest BCUT2D eigenvalue weighted by Gasteiger charge is 2.36. The maximum Gasteiger partial charge on any atom is 0.306 e. The minimum atomic E-state index is -0.914. The monoisotopic (exact) mass is 335 g/mol. The molecule has 0 aromatic heterocycles. The quantitative estimate of drug-likeness (QED) is 0.860. The fourth-order valence-electron chi connectivity index (χ4n) is 3.05. The molecule has 0 bridgehead atoms. The third kappa shape index (κ3) is 4.47. The molecule has 132 valence electrons. The molecule has 0 spiro atoms. The molecule has 1 atom stereocenters. The lowest BCUT2D eigenvalue weighted by Gasteiger charge is -2.37. The van der Waals surface area contributed by atoms with Gasteiger partial charge in [-0.05, 0) is 18.1 Å². The summed E-state index contributed by atoms with van der Waals surface area (Å²) in [6.45, 7) is 4.99. The van der Waals surface area contributed by atoms with Crippen molar-refractivity contribution in [2.45, 2.75) is 32.8 Å². The largest absolute Gasteiger partial charge is 0.496 e. The molecule has 0 aliphatic carbocycles. The van der Waals surface area contributed by atoms with E-state index in [1.54, 1.807) is 12.0 Å². The fourth-order valence-corrected chi connectivity index (χ4v) is 3.05. The number of methoxy groups -OCH3 is 1. The highest BCUT2D eigenvalue weighted by atomic mass is 16.5. The first-order valence-electron chi connectivity index (χ1n) is 8.08. The van der Waals surface area contributed by atoms with E-state index in [9.17, 15) is 9.59 Å².